The van der Waals surface area contributed by atoms with Crippen molar-refractivity contribution < 1.29 is 4.79 Å². The first-order valence-electron chi connectivity index (χ1n) is 8.69. The monoisotopic (exact) mass is 356 g/mol. The minimum atomic E-state index is 0.0241. The largest absolute Gasteiger partial charge is 0.342 e. The van der Waals surface area contributed by atoms with E-state index >= 15 is 0 Å². The maximum absolute atomic E-state index is 12.7. The van der Waals surface area contributed by atoms with E-state index in [2.05, 4.69) is 6.07 Å². The van der Waals surface area contributed by atoms with E-state index in [-0.39, 0.29) is 17.4 Å². The molecule has 2 aromatic rings. The number of nitrogens with zero attached hydrogens (tertiary/aromatic N) is 2. The second-order valence-corrected chi connectivity index (χ2v) is 7.73. The molecular formula is C20H21ClN2O2. The molecule has 4 rings (SSSR count). The van der Waals surface area contributed by atoms with E-state index in [1.54, 1.807) is 13.0 Å². The number of piperidine rings is 1. The van der Waals surface area contributed by atoms with E-state index in [9.17, 15) is 9.59 Å². The SMILES string of the molecule is CC(=O)N1C[C@@H]2C[C@H](C1)c1cc(-c3cc(C)ccc3Cl)cc(=O)n1C2. The molecule has 2 atom stereocenters. The molecule has 1 amide bonds. The summed E-state index contributed by atoms with van der Waals surface area (Å²) in [5, 5.41) is 0.651. The summed E-state index contributed by atoms with van der Waals surface area (Å²) in [5.41, 5.74) is 3.92. The second kappa shape index (κ2) is 6.03. The molecular weight excluding hydrogens is 336 g/mol. The van der Waals surface area contributed by atoms with Crippen molar-refractivity contribution in [3.05, 3.63) is 57.0 Å². The quantitative estimate of drug-likeness (QED) is 0.785. The van der Waals surface area contributed by atoms with Crippen molar-refractivity contribution in [3.8, 4) is 11.1 Å². The summed E-state index contributed by atoms with van der Waals surface area (Å²) in [6, 6.07) is 9.63. The summed E-state index contributed by atoms with van der Waals surface area (Å²) in [7, 11) is 0. The number of aryl methyl sites for hydroxylation is 1. The standard InChI is InChI=1S/C20H21ClN2O2/c1-12-3-4-18(21)17(5-12)15-7-19-16-6-14(9-22(11-16)13(2)24)10-23(19)20(25)8-15/h3-5,7-8,14,16H,6,9-11H2,1-2H3/t14-,16+/m0/s1. The average Bonchev–Trinajstić information content (AvgIpc) is 2.57. The summed E-state index contributed by atoms with van der Waals surface area (Å²) < 4.78 is 1.89. The third-order valence-corrected chi connectivity index (χ3v) is 5.76. The van der Waals surface area contributed by atoms with E-state index in [1.165, 1.54) is 0 Å². The summed E-state index contributed by atoms with van der Waals surface area (Å²) in [6.45, 7) is 5.77. The molecule has 2 aliphatic heterocycles. The van der Waals surface area contributed by atoms with Gasteiger partial charge in [-0.2, -0.15) is 0 Å². The molecule has 25 heavy (non-hydrogen) atoms. The summed E-state index contributed by atoms with van der Waals surface area (Å²) >= 11 is 6.37. The lowest BCUT2D eigenvalue weighted by atomic mass is 9.82. The molecule has 0 aliphatic carbocycles. The van der Waals surface area contributed by atoms with Gasteiger partial charge in [-0.3, -0.25) is 9.59 Å². The zero-order chi connectivity index (χ0) is 17.7. The first-order chi connectivity index (χ1) is 11.9. The molecule has 2 bridgehead atoms. The maximum atomic E-state index is 12.7. The molecule has 0 unspecified atom stereocenters. The van der Waals surface area contributed by atoms with E-state index in [0.717, 1.165) is 35.3 Å². The predicted molar refractivity (Wildman–Crippen MR) is 99.0 cm³/mol. The zero-order valence-electron chi connectivity index (χ0n) is 14.5. The van der Waals surface area contributed by atoms with Crippen LogP contribution in [0.1, 0.15) is 30.5 Å². The van der Waals surface area contributed by atoms with Crippen molar-refractivity contribution in [2.24, 2.45) is 5.92 Å². The number of pyridine rings is 1. The molecule has 1 saturated heterocycles. The van der Waals surface area contributed by atoms with Crippen LogP contribution in [0.5, 0.6) is 0 Å². The first kappa shape index (κ1) is 16.4. The van der Waals surface area contributed by atoms with Gasteiger partial charge in [-0.25, -0.2) is 0 Å². The lowest BCUT2D eigenvalue weighted by Crippen LogP contribution is -2.48. The van der Waals surface area contributed by atoms with Crippen molar-refractivity contribution >= 4 is 17.5 Å². The zero-order valence-corrected chi connectivity index (χ0v) is 15.2. The lowest BCUT2D eigenvalue weighted by molar-refractivity contribution is -0.131. The van der Waals surface area contributed by atoms with Gasteiger partial charge in [-0.15, -0.1) is 0 Å². The third-order valence-electron chi connectivity index (χ3n) is 5.43. The van der Waals surface area contributed by atoms with Crippen LogP contribution >= 0.6 is 11.6 Å². The summed E-state index contributed by atoms with van der Waals surface area (Å²) in [6.07, 6.45) is 1.04. The Morgan fingerprint density at radius 3 is 2.72 bits per heavy atom. The number of carbonyl (C=O) groups excluding carboxylic acids is 1. The first-order valence-corrected chi connectivity index (χ1v) is 9.07. The van der Waals surface area contributed by atoms with Crippen LogP contribution in [0, 0.1) is 12.8 Å². The van der Waals surface area contributed by atoms with Crippen LogP contribution in [0.25, 0.3) is 11.1 Å². The van der Waals surface area contributed by atoms with Crippen molar-refractivity contribution in [2.75, 3.05) is 13.1 Å². The molecule has 3 heterocycles. The Bertz CT molecular complexity index is 918. The van der Waals surface area contributed by atoms with Gasteiger partial charge in [-0.05, 0) is 43.0 Å². The molecule has 0 saturated carbocycles. The number of benzene rings is 1. The van der Waals surface area contributed by atoms with E-state index in [0.29, 0.717) is 24.0 Å². The number of carbonyl (C=O) groups is 1. The molecule has 2 aliphatic rings. The van der Waals surface area contributed by atoms with Crippen LogP contribution in [0.3, 0.4) is 0 Å². The van der Waals surface area contributed by atoms with Crippen LogP contribution in [0.4, 0.5) is 0 Å². The fraction of sp³-hybridized carbons (Fsp3) is 0.400. The average molecular weight is 357 g/mol. The number of hydrogen-bond donors (Lipinski definition) is 0. The maximum Gasteiger partial charge on any atom is 0.251 e. The molecule has 0 N–H and O–H groups in total. The highest BCUT2D eigenvalue weighted by Crippen LogP contribution is 2.37. The molecule has 1 aromatic heterocycles. The van der Waals surface area contributed by atoms with Gasteiger partial charge >= 0.3 is 0 Å². The topological polar surface area (TPSA) is 42.3 Å². The molecule has 0 spiro atoms. The number of likely N-dealkylation sites (tertiary alicyclic amines) is 1. The molecule has 1 aromatic carbocycles. The summed E-state index contributed by atoms with van der Waals surface area (Å²) in [4.78, 5) is 26.5. The Balaban J connectivity index is 1.82. The van der Waals surface area contributed by atoms with Crippen LogP contribution < -0.4 is 5.56 Å². The smallest absolute Gasteiger partial charge is 0.251 e. The van der Waals surface area contributed by atoms with Crippen LogP contribution in [0.15, 0.2) is 35.1 Å². The minimum absolute atomic E-state index is 0.0241. The van der Waals surface area contributed by atoms with Crippen LogP contribution in [0.2, 0.25) is 5.02 Å². The van der Waals surface area contributed by atoms with Gasteiger partial charge in [0.2, 0.25) is 5.91 Å². The van der Waals surface area contributed by atoms with Gasteiger partial charge in [0.05, 0.1) is 0 Å². The predicted octanol–water partition coefficient (Wildman–Crippen LogP) is 3.44. The van der Waals surface area contributed by atoms with Crippen molar-refractivity contribution in [1.82, 2.24) is 9.47 Å². The minimum Gasteiger partial charge on any atom is -0.342 e. The normalized spacial score (nSPS) is 21.8. The molecule has 4 nitrogen and oxygen atoms in total. The second-order valence-electron chi connectivity index (χ2n) is 7.32. The number of amides is 1. The Labute approximate surface area is 152 Å². The van der Waals surface area contributed by atoms with Gasteiger partial charge in [0.25, 0.3) is 5.56 Å². The molecule has 130 valence electrons. The van der Waals surface area contributed by atoms with Crippen molar-refractivity contribution in [2.45, 2.75) is 32.7 Å². The van der Waals surface area contributed by atoms with Crippen LogP contribution in [-0.2, 0) is 11.3 Å². The van der Waals surface area contributed by atoms with Crippen molar-refractivity contribution in [3.63, 3.8) is 0 Å². The van der Waals surface area contributed by atoms with Gasteiger partial charge in [0, 0.05) is 54.8 Å². The molecule has 0 radical (unpaired) electrons. The third kappa shape index (κ3) is 2.89. The van der Waals surface area contributed by atoms with Gasteiger partial charge < -0.3 is 9.47 Å². The lowest BCUT2D eigenvalue weighted by Gasteiger charge is -2.42. The van der Waals surface area contributed by atoms with Gasteiger partial charge in [-0.1, -0.05) is 23.2 Å². The van der Waals surface area contributed by atoms with Gasteiger partial charge in [0.15, 0.2) is 0 Å². The number of hydrogen-bond acceptors (Lipinski definition) is 2. The number of fused-ring (bicyclic) bond motifs is 4. The fourth-order valence-electron chi connectivity index (χ4n) is 4.23. The van der Waals surface area contributed by atoms with Crippen LogP contribution in [-0.4, -0.2) is 28.5 Å². The van der Waals surface area contributed by atoms with E-state index in [4.69, 9.17) is 11.6 Å². The highest BCUT2D eigenvalue weighted by atomic mass is 35.5. The summed E-state index contributed by atoms with van der Waals surface area (Å²) in [5.74, 6) is 0.692. The van der Waals surface area contributed by atoms with E-state index < -0.39 is 0 Å². The highest BCUT2D eigenvalue weighted by Gasteiger charge is 2.35. The Morgan fingerprint density at radius 1 is 1.16 bits per heavy atom. The van der Waals surface area contributed by atoms with Crippen molar-refractivity contribution in [1.29, 1.82) is 0 Å². The fourth-order valence-corrected chi connectivity index (χ4v) is 4.46. The van der Waals surface area contributed by atoms with Gasteiger partial charge in [0.1, 0.15) is 0 Å². The number of aromatic nitrogens is 1. The number of rotatable bonds is 1. The Morgan fingerprint density at radius 2 is 1.96 bits per heavy atom. The molecule has 5 heteroatoms. The Kier molecular flexibility index (Phi) is 3.95. The molecule has 1 fully saturated rings. The highest BCUT2D eigenvalue weighted by molar-refractivity contribution is 6.33. The number of halogens is 1. The van der Waals surface area contributed by atoms with E-state index in [1.807, 2.05) is 34.6 Å². The Hall–Kier alpha value is -2.07.